The average Bonchev–Trinajstić information content (AvgIpc) is 3.69. The summed E-state index contributed by atoms with van der Waals surface area (Å²) in [6, 6.07) is 93.4. The van der Waals surface area contributed by atoms with E-state index in [9.17, 15) is 0 Å². The van der Waals surface area contributed by atoms with E-state index in [2.05, 4.69) is 235 Å². The second kappa shape index (κ2) is 16.3. The number of ether oxygens (including phenoxy) is 1. The van der Waals surface area contributed by atoms with Crippen LogP contribution in [-0.2, 0) is 5.41 Å². The molecule has 10 aromatic carbocycles. The van der Waals surface area contributed by atoms with Crippen LogP contribution in [0.1, 0.15) is 22.3 Å². The van der Waals surface area contributed by atoms with Crippen LogP contribution < -0.4 is 9.64 Å². The van der Waals surface area contributed by atoms with Gasteiger partial charge in [0.2, 0.25) is 0 Å². The Morgan fingerprint density at radius 2 is 0.762 bits per heavy atom. The third-order valence-corrected chi connectivity index (χ3v) is 12.4. The lowest BCUT2D eigenvalue weighted by atomic mass is 9.66. The molecule has 0 bridgehead atoms. The van der Waals surface area contributed by atoms with E-state index in [1.807, 2.05) is 30.3 Å². The van der Waals surface area contributed by atoms with Crippen LogP contribution in [0, 0.1) is 0 Å². The number of rotatable bonds is 10. The van der Waals surface area contributed by atoms with Crippen molar-refractivity contribution in [3.8, 4) is 56.0 Å². The van der Waals surface area contributed by atoms with E-state index >= 15 is 0 Å². The van der Waals surface area contributed by atoms with E-state index in [1.165, 1.54) is 44.5 Å². The Morgan fingerprint density at radius 3 is 1.37 bits per heavy atom. The SMILES string of the molecule is c1ccc(Oc2ccc(-c3ccc(N(c4ccc(-c5ccccc5)cc4)c4ccccc4-c4ccccc4)cc3)c3c2-c2ccccc2C3(c2ccccc2)c2ccccc2)cc1. The van der Waals surface area contributed by atoms with Gasteiger partial charge in [0.05, 0.1) is 11.1 Å². The van der Waals surface area contributed by atoms with E-state index in [1.54, 1.807) is 0 Å². The minimum Gasteiger partial charge on any atom is -0.457 e. The molecule has 0 radical (unpaired) electrons. The zero-order valence-corrected chi connectivity index (χ0v) is 34.7. The van der Waals surface area contributed by atoms with Gasteiger partial charge in [-0.25, -0.2) is 0 Å². The molecule has 0 fully saturated rings. The van der Waals surface area contributed by atoms with Crippen molar-refractivity contribution >= 4 is 17.1 Å². The Hall–Kier alpha value is -8.20. The largest absolute Gasteiger partial charge is 0.457 e. The molecule has 0 aliphatic heterocycles. The highest BCUT2D eigenvalue weighted by molar-refractivity contribution is 5.96. The van der Waals surface area contributed by atoms with Crippen molar-refractivity contribution in [2.24, 2.45) is 0 Å². The maximum Gasteiger partial charge on any atom is 0.135 e. The third kappa shape index (κ3) is 6.70. The van der Waals surface area contributed by atoms with E-state index < -0.39 is 5.41 Å². The molecule has 0 unspecified atom stereocenters. The summed E-state index contributed by atoms with van der Waals surface area (Å²) >= 11 is 0. The summed E-state index contributed by atoms with van der Waals surface area (Å²) in [5, 5.41) is 0. The first-order valence-electron chi connectivity index (χ1n) is 21.6. The first-order valence-corrected chi connectivity index (χ1v) is 21.6. The number of anilines is 3. The van der Waals surface area contributed by atoms with Crippen LogP contribution in [0.15, 0.2) is 261 Å². The van der Waals surface area contributed by atoms with Gasteiger partial charge >= 0.3 is 0 Å². The lowest BCUT2D eigenvalue weighted by Crippen LogP contribution is -2.29. The molecule has 0 aromatic heterocycles. The molecule has 0 saturated heterocycles. The summed E-state index contributed by atoms with van der Waals surface area (Å²) in [4.78, 5) is 2.39. The fraction of sp³-hybridized carbons (Fsp3) is 0.0164. The van der Waals surface area contributed by atoms with Gasteiger partial charge in [0.25, 0.3) is 0 Å². The van der Waals surface area contributed by atoms with Crippen LogP contribution >= 0.6 is 0 Å². The topological polar surface area (TPSA) is 12.5 Å². The number of benzene rings is 10. The van der Waals surface area contributed by atoms with Gasteiger partial charge < -0.3 is 9.64 Å². The summed E-state index contributed by atoms with van der Waals surface area (Å²) in [5.41, 5.74) is 16.8. The van der Waals surface area contributed by atoms with Gasteiger partial charge in [-0.05, 0) is 104 Å². The zero-order valence-electron chi connectivity index (χ0n) is 34.7. The molecular weight excluding hydrogens is 763 g/mol. The van der Waals surface area contributed by atoms with Crippen LogP contribution in [-0.4, -0.2) is 0 Å². The van der Waals surface area contributed by atoms with Gasteiger partial charge in [-0.1, -0.05) is 212 Å². The normalized spacial score (nSPS) is 12.3. The lowest BCUT2D eigenvalue weighted by Gasteiger charge is -2.35. The summed E-state index contributed by atoms with van der Waals surface area (Å²) < 4.78 is 6.86. The lowest BCUT2D eigenvalue weighted by molar-refractivity contribution is 0.484. The third-order valence-electron chi connectivity index (χ3n) is 12.4. The molecule has 11 rings (SSSR count). The Morgan fingerprint density at radius 1 is 0.317 bits per heavy atom. The summed E-state index contributed by atoms with van der Waals surface area (Å²) in [5.74, 6) is 1.64. The van der Waals surface area contributed by atoms with Crippen molar-refractivity contribution in [1.29, 1.82) is 0 Å². The molecule has 0 N–H and O–H groups in total. The van der Waals surface area contributed by atoms with E-state index in [0.717, 1.165) is 50.8 Å². The first-order chi connectivity index (χ1) is 31.3. The molecule has 63 heavy (non-hydrogen) atoms. The molecule has 0 saturated carbocycles. The number of hydrogen-bond acceptors (Lipinski definition) is 2. The fourth-order valence-corrected chi connectivity index (χ4v) is 9.67. The summed E-state index contributed by atoms with van der Waals surface area (Å²) in [6.07, 6.45) is 0. The smallest absolute Gasteiger partial charge is 0.135 e. The predicted octanol–water partition coefficient (Wildman–Crippen LogP) is 16.3. The van der Waals surface area contributed by atoms with Crippen molar-refractivity contribution < 1.29 is 4.74 Å². The second-order valence-corrected chi connectivity index (χ2v) is 16.0. The van der Waals surface area contributed by atoms with Crippen LogP contribution in [0.25, 0.3) is 44.5 Å². The molecule has 298 valence electrons. The average molecular weight is 806 g/mol. The first kappa shape index (κ1) is 37.8. The van der Waals surface area contributed by atoms with Gasteiger partial charge in [0, 0.05) is 22.5 Å². The Labute approximate surface area is 369 Å². The van der Waals surface area contributed by atoms with Gasteiger partial charge in [-0.15, -0.1) is 0 Å². The van der Waals surface area contributed by atoms with Gasteiger partial charge in [0.1, 0.15) is 11.5 Å². The number of hydrogen-bond donors (Lipinski definition) is 0. The summed E-state index contributed by atoms with van der Waals surface area (Å²) in [7, 11) is 0. The number of nitrogens with zero attached hydrogens (tertiary/aromatic N) is 1. The van der Waals surface area contributed by atoms with E-state index in [0.29, 0.717) is 0 Å². The molecule has 2 nitrogen and oxygen atoms in total. The predicted molar refractivity (Wildman–Crippen MR) is 261 cm³/mol. The Kier molecular flexibility index (Phi) is 9.80. The molecule has 0 amide bonds. The van der Waals surface area contributed by atoms with Crippen molar-refractivity contribution in [1.82, 2.24) is 0 Å². The molecule has 0 spiro atoms. The Balaban J connectivity index is 1.12. The maximum atomic E-state index is 6.86. The number of para-hydroxylation sites is 2. The fourth-order valence-electron chi connectivity index (χ4n) is 9.67. The van der Waals surface area contributed by atoms with Crippen molar-refractivity contribution in [3.63, 3.8) is 0 Å². The van der Waals surface area contributed by atoms with Crippen molar-refractivity contribution in [2.45, 2.75) is 5.41 Å². The monoisotopic (exact) mass is 805 g/mol. The van der Waals surface area contributed by atoms with Gasteiger partial charge in [-0.2, -0.15) is 0 Å². The van der Waals surface area contributed by atoms with Gasteiger partial charge in [0.15, 0.2) is 0 Å². The zero-order chi connectivity index (χ0) is 42.0. The highest BCUT2D eigenvalue weighted by Crippen LogP contribution is 2.61. The number of fused-ring (bicyclic) bond motifs is 3. The van der Waals surface area contributed by atoms with Crippen molar-refractivity contribution in [3.05, 3.63) is 283 Å². The second-order valence-electron chi connectivity index (χ2n) is 16.0. The van der Waals surface area contributed by atoms with Crippen LogP contribution in [0.5, 0.6) is 11.5 Å². The molecule has 10 aromatic rings. The standard InChI is InChI=1S/C61H43NO/c1-6-20-44(21-7-1)45-34-38-50(39-35-45)62(57-33-19-17-30-53(57)46-22-8-2-9-23-46)51-40-36-47(37-41-51)54-42-43-58(63-52-28-14-5-15-29-52)59-55-31-16-18-32-56(55)61(60(54)59,48-24-10-3-11-25-48)49-26-12-4-13-27-49/h1-43H. The summed E-state index contributed by atoms with van der Waals surface area (Å²) in [6.45, 7) is 0. The minimum atomic E-state index is -0.625. The van der Waals surface area contributed by atoms with Gasteiger partial charge in [-0.3, -0.25) is 0 Å². The Bertz CT molecular complexity index is 3110. The molecule has 0 atom stereocenters. The van der Waals surface area contributed by atoms with Crippen LogP contribution in [0.3, 0.4) is 0 Å². The quantitative estimate of drug-likeness (QED) is 0.137. The minimum absolute atomic E-state index is 0.625. The highest BCUT2D eigenvalue weighted by atomic mass is 16.5. The van der Waals surface area contributed by atoms with E-state index in [4.69, 9.17) is 4.74 Å². The molecule has 2 heteroatoms. The van der Waals surface area contributed by atoms with Crippen molar-refractivity contribution in [2.75, 3.05) is 4.90 Å². The molecular formula is C61H43NO. The maximum absolute atomic E-state index is 6.86. The molecule has 1 aliphatic carbocycles. The molecule has 0 heterocycles. The van der Waals surface area contributed by atoms with E-state index in [-0.39, 0.29) is 0 Å². The van der Waals surface area contributed by atoms with Crippen LogP contribution in [0.2, 0.25) is 0 Å². The molecule has 1 aliphatic rings. The van der Waals surface area contributed by atoms with Crippen LogP contribution in [0.4, 0.5) is 17.1 Å². The highest BCUT2D eigenvalue weighted by Gasteiger charge is 2.49.